The highest BCUT2D eigenvalue weighted by Gasteiger charge is 2.71. The molecule has 7 nitrogen and oxygen atoms in total. The van der Waals surface area contributed by atoms with Gasteiger partial charge in [-0.05, 0) is 184 Å². The molecule has 0 spiro atoms. The van der Waals surface area contributed by atoms with E-state index in [0.717, 1.165) is 121 Å². The van der Waals surface area contributed by atoms with E-state index in [-0.39, 0.29) is 87.4 Å². The first-order valence-electron chi connectivity index (χ1n) is 36.0. The number of allylic oxidation sites excluding steroid dienone is 6. The second kappa shape index (κ2) is 40.4. The minimum Gasteiger partial charge on any atom is -0.377 e. The van der Waals surface area contributed by atoms with Gasteiger partial charge in [-0.2, -0.15) is 0 Å². The van der Waals surface area contributed by atoms with Crippen LogP contribution in [-0.2, 0) is 28.7 Å². The van der Waals surface area contributed by atoms with Crippen LogP contribution in [0.2, 0.25) is 0 Å². The number of Topliss-reactive ketones (excluding diaryl/α,β-unsaturated/α-hetero) is 5. The molecule has 0 bridgehead atoms. The molecule has 0 aromatic heterocycles. The number of hydrogen-bond acceptors (Lipinski definition) is 7. The lowest BCUT2D eigenvalue weighted by atomic mass is 9.68. The summed E-state index contributed by atoms with van der Waals surface area (Å²) in [6, 6.07) is -0.451. The molecule has 6 fully saturated rings. The first-order chi connectivity index (χ1) is 41.6. The van der Waals surface area contributed by atoms with Crippen LogP contribution < -0.4 is 5.73 Å². The van der Waals surface area contributed by atoms with E-state index >= 15 is 0 Å². The molecule has 0 saturated heterocycles. The Bertz CT molecular complexity index is 2170. The van der Waals surface area contributed by atoms with Crippen molar-refractivity contribution < 1.29 is 28.7 Å². The molecule has 0 aromatic carbocycles. The van der Waals surface area contributed by atoms with E-state index in [0.29, 0.717) is 73.1 Å². The van der Waals surface area contributed by atoms with E-state index in [2.05, 4.69) is 143 Å². The zero-order valence-electron chi connectivity index (χ0n) is 59.6. The molecule has 6 rings (SSSR count). The van der Waals surface area contributed by atoms with E-state index in [1.54, 1.807) is 12.2 Å². The Morgan fingerprint density at radius 3 is 1.62 bits per heavy atom. The van der Waals surface area contributed by atoms with Gasteiger partial charge in [0, 0.05) is 55.5 Å². The number of unbranched alkanes of at least 4 members (excludes halogenated alkanes) is 3. The summed E-state index contributed by atoms with van der Waals surface area (Å²) >= 11 is 0. The summed E-state index contributed by atoms with van der Waals surface area (Å²) in [7, 11) is 0. The number of carbonyl (C=O) groups excluding carboxylic acids is 5. The lowest BCUT2D eigenvalue weighted by Gasteiger charge is -2.35. The highest BCUT2D eigenvalue weighted by atomic mass is 16.5. The van der Waals surface area contributed by atoms with Gasteiger partial charge >= 0.3 is 0 Å². The molecule has 0 radical (unpaired) electrons. The van der Waals surface area contributed by atoms with Crippen LogP contribution in [0.25, 0.3) is 0 Å². The van der Waals surface area contributed by atoms with Crippen molar-refractivity contribution in [3.8, 4) is 0 Å². The van der Waals surface area contributed by atoms with Gasteiger partial charge < -0.3 is 10.5 Å². The first-order valence-corrected chi connectivity index (χ1v) is 36.0. The molecule has 502 valence electrons. The Morgan fingerprint density at radius 2 is 1.12 bits per heavy atom. The van der Waals surface area contributed by atoms with Crippen LogP contribution in [0.15, 0.2) is 87.6 Å². The summed E-state index contributed by atoms with van der Waals surface area (Å²) in [5, 5.41) is 0. The normalized spacial score (nSPS) is 26.0. The Balaban J connectivity index is 0.000000459. The van der Waals surface area contributed by atoms with E-state index in [9.17, 15) is 24.0 Å². The van der Waals surface area contributed by atoms with Crippen LogP contribution in [0, 0.1) is 105 Å². The second-order valence-electron chi connectivity index (χ2n) is 31.0. The first kappa shape index (κ1) is 80.5. The fourth-order valence-corrected chi connectivity index (χ4v) is 16.2. The molecule has 0 aromatic rings. The number of nitrogens with two attached hydrogens (primary N) is 1. The average Bonchev–Trinajstić information content (AvgIpc) is 1.54. The molecule has 6 aliphatic rings. The van der Waals surface area contributed by atoms with Crippen molar-refractivity contribution in [1.82, 2.24) is 0 Å². The fourth-order valence-electron chi connectivity index (χ4n) is 16.2. The third-order valence-electron chi connectivity index (χ3n) is 22.0. The molecular formula is C81H137NO6. The van der Waals surface area contributed by atoms with Gasteiger partial charge in [0.15, 0.2) is 11.6 Å². The lowest BCUT2D eigenvalue weighted by Crippen LogP contribution is -2.45. The van der Waals surface area contributed by atoms with Crippen molar-refractivity contribution in [3.05, 3.63) is 87.6 Å². The smallest absolute Gasteiger partial charge is 0.158 e. The average molecular weight is 1220 g/mol. The van der Waals surface area contributed by atoms with Gasteiger partial charge in [-0.1, -0.05) is 197 Å². The van der Waals surface area contributed by atoms with Crippen molar-refractivity contribution in [2.24, 2.45) is 111 Å². The maximum absolute atomic E-state index is 14.3. The highest BCUT2D eigenvalue weighted by Crippen LogP contribution is 2.73. The monoisotopic (exact) mass is 1220 g/mol. The van der Waals surface area contributed by atoms with Gasteiger partial charge in [0.05, 0.1) is 12.6 Å². The van der Waals surface area contributed by atoms with E-state index in [1.165, 1.54) is 50.5 Å². The van der Waals surface area contributed by atoms with Gasteiger partial charge in [0.1, 0.15) is 17.3 Å². The minimum absolute atomic E-state index is 0.00441. The Morgan fingerprint density at radius 1 is 0.614 bits per heavy atom. The van der Waals surface area contributed by atoms with E-state index in [4.69, 9.17) is 10.5 Å². The summed E-state index contributed by atoms with van der Waals surface area (Å²) < 4.78 is 5.12. The van der Waals surface area contributed by atoms with Crippen LogP contribution in [0.4, 0.5) is 0 Å². The number of ether oxygens (including phenoxy) is 1. The zero-order valence-corrected chi connectivity index (χ0v) is 59.6. The third kappa shape index (κ3) is 24.8. The van der Waals surface area contributed by atoms with Crippen molar-refractivity contribution in [1.29, 1.82) is 0 Å². The van der Waals surface area contributed by atoms with Gasteiger partial charge in [-0.15, -0.1) is 32.9 Å². The molecule has 2 N–H and O–H groups in total. The quantitative estimate of drug-likeness (QED) is 0.0381. The molecule has 0 aliphatic heterocycles. The van der Waals surface area contributed by atoms with Gasteiger partial charge in [0.2, 0.25) is 0 Å². The maximum atomic E-state index is 14.3. The molecule has 7 heteroatoms. The van der Waals surface area contributed by atoms with Crippen LogP contribution in [0.3, 0.4) is 0 Å². The number of hydrogen-bond donors (Lipinski definition) is 1. The summed E-state index contributed by atoms with van der Waals surface area (Å²) in [5.41, 5.74) is 8.85. The summed E-state index contributed by atoms with van der Waals surface area (Å²) in [4.78, 5) is 67.9. The second-order valence-corrected chi connectivity index (χ2v) is 31.0. The lowest BCUT2D eigenvalue weighted by molar-refractivity contribution is -0.136. The highest BCUT2D eigenvalue weighted by molar-refractivity contribution is 5.98. The molecule has 6 aliphatic carbocycles. The van der Waals surface area contributed by atoms with Crippen molar-refractivity contribution in [3.63, 3.8) is 0 Å². The SMILES string of the molecule is C=CCCC(=O)C(=C)C(CCC=C)CC(=O)C1C(C(=O)C(N)C2CCCCC2)CC2C1C2(C)C.C=CCCCCC(=O)C1C(C(=O)C(CC(=C)CC(C)(C)C)C2CCCCC2)CC2C1C2(C)CC.C=CCCCOCC=C.CC(C)C(C)C(C)C.CCC. The van der Waals surface area contributed by atoms with Crippen molar-refractivity contribution in [2.45, 2.75) is 276 Å². The molecule has 88 heavy (non-hydrogen) atoms. The largest absolute Gasteiger partial charge is 0.377 e. The van der Waals surface area contributed by atoms with Gasteiger partial charge in [-0.25, -0.2) is 0 Å². The number of fused-ring (bicyclic) bond motifs is 2. The fraction of sp³-hybridized carbons (Fsp3) is 0.765. The molecule has 0 amide bonds. The number of rotatable bonds is 35. The summed E-state index contributed by atoms with van der Waals surface area (Å²) in [5.74, 6) is 5.25. The molecule has 0 heterocycles. The predicted octanol–water partition coefficient (Wildman–Crippen LogP) is 21.3. The Labute approximate surface area is 542 Å². The van der Waals surface area contributed by atoms with E-state index < -0.39 is 6.04 Å². The van der Waals surface area contributed by atoms with Crippen LogP contribution >= 0.6 is 0 Å². The minimum atomic E-state index is -0.451. The van der Waals surface area contributed by atoms with Gasteiger partial charge in [-0.3, -0.25) is 24.0 Å². The maximum Gasteiger partial charge on any atom is 0.158 e. The molecule has 12 unspecified atom stereocenters. The topological polar surface area (TPSA) is 121 Å². The van der Waals surface area contributed by atoms with Crippen LogP contribution in [-0.4, -0.2) is 48.2 Å². The third-order valence-corrected chi connectivity index (χ3v) is 22.0. The van der Waals surface area contributed by atoms with Gasteiger partial charge in [0.25, 0.3) is 0 Å². The summed E-state index contributed by atoms with van der Waals surface area (Å²) in [6.45, 7) is 60.0. The van der Waals surface area contributed by atoms with E-state index in [1.807, 2.05) is 18.2 Å². The molecule has 12 atom stereocenters. The van der Waals surface area contributed by atoms with Crippen LogP contribution in [0.5, 0.6) is 0 Å². The Kier molecular flexibility index (Phi) is 37.0. The Hall–Kier alpha value is -3.55. The molecule has 6 saturated carbocycles. The predicted molar refractivity (Wildman–Crippen MR) is 377 cm³/mol. The number of carbonyl (C=O) groups is 5. The van der Waals surface area contributed by atoms with Crippen molar-refractivity contribution in [2.75, 3.05) is 13.2 Å². The van der Waals surface area contributed by atoms with Crippen LogP contribution in [0.1, 0.15) is 270 Å². The standard InChI is InChI=1S/C32H52O2.C30H45NO3.C8H14O.C8H18.C3H8/c1-8-10-11-15-18-27(33)28-25(20-26-29(28)32(26,7)9-2)30(34)24(23-16-13-12-14-17-23)19-22(3)21-31(4,5)6;1-6-8-13-21(19(3)24(32)16-9-7-2)17-25(33)26-22(18-23-27(26)30(23,4)5)29(34)28(31)20-14-11-10-12-15-20;1-3-5-6-8-9-7-4-2;1-6(2)8(5)7(3)4;1-3-2/h8,23-26,28-29H,1,3,9-21H2,2,4-7H3;6-7,20-23,26-28H,1-3,8-18,31H2,4-5H3;3-4H,1-2,5-8H2;6-8H,1-5H3;3H2,1-2H3. The van der Waals surface area contributed by atoms with Crippen molar-refractivity contribution >= 4 is 28.9 Å². The zero-order chi connectivity index (χ0) is 66.5. The number of ketones is 5. The molecular weight excluding hydrogens is 1080 g/mol. The summed E-state index contributed by atoms with van der Waals surface area (Å²) in [6.07, 6.45) is 35.1.